The second-order valence-corrected chi connectivity index (χ2v) is 8.76. The van der Waals surface area contributed by atoms with Gasteiger partial charge in [0, 0.05) is 18.7 Å². The normalized spacial score (nSPS) is 26.6. The Hall–Kier alpha value is -2.37. The maximum Gasteiger partial charge on any atom is 0.225 e. The number of thiazole rings is 1. The van der Waals surface area contributed by atoms with E-state index in [-0.39, 0.29) is 18.6 Å². The summed E-state index contributed by atoms with van der Waals surface area (Å²) in [6.07, 6.45) is 0.166. The molecule has 1 saturated heterocycles. The van der Waals surface area contributed by atoms with Crippen molar-refractivity contribution in [3.8, 4) is 10.6 Å². The number of anilines is 2. The van der Waals surface area contributed by atoms with Crippen LogP contribution in [0.15, 0.2) is 30.5 Å². The molecule has 2 fully saturated rings. The molecule has 3 aromatic rings. The summed E-state index contributed by atoms with van der Waals surface area (Å²) in [5, 5.41) is 37.4. The fraction of sp³-hybridized carbons (Fsp3) is 0.450. The van der Waals surface area contributed by atoms with E-state index in [9.17, 15) is 15.3 Å². The van der Waals surface area contributed by atoms with Crippen molar-refractivity contribution in [2.24, 2.45) is 5.92 Å². The Kier molecular flexibility index (Phi) is 5.25. The van der Waals surface area contributed by atoms with Gasteiger partial charge in [-0.1, -0.05) is 12.1 Å². The minimum Gasteiger partial charge on any atom is -0.396 e. The van der Waals surface area contributed by atoms with Gasteiger partial charge >= 0.3 is 0 Å². The molecule has 0 radical (unpaired) electrons. The first kappa shape index (κ1) is 19.6. The van der Waals surface area contributed by atoms with Crippen molar-refractivity contribution in [2.45, 2.75) is 30.7 Å². The molecule has 2 aromatic heterocycles. The average molecular weight is 430 g/mol. The lowest BCUT2D eigenvalue weighted by Gasteiger charge is -2.27. The molecule has 5 rings (SSSR count). The number of fused-ring (bicyclic) bond motifs is 1. The molecule has 0 bridgehead atoms. The van der Waals surface area contributed by atoms with E-state index >= 15 is 0 Å². The van der Waals surface area contributed by atoms with Gasteiger partial charge in [-0.2, -0.15) is 4.98 Å². The summed E-state index contributed by atoms with van der Waals surface area (Å²) in [6, 6.07) is 7.61. The van der Waals surface area contributed by atoms with Crippen LogP contribution in [0.1, 0.15) is 6.42 Å². The summed E-state index contributed by atoms with van der Waals surface area (Å²) in [7, 11) is 0. The smallest absolute Gasteiger partial charge is 0.225 e. The molecule has 1 saturated carbocycles. The Bertz CT molecular complexity index is 1010. The van der Waals surface area contributed by atoms with Gasteiger partial charge in [0.1, 0.15) is 16.9 Å². The highest BCUT2D eigenvalue weighted by atomic mass is 32.1. The summed E-state index contributed by atoms with van der Waals surface area (Å²) in [4.78, 5) is 13.8. The van der Waals surface area contributed by atoms with E-state index in [1.54, 1.807) is 17.5 Å². The molecule has 1 aliphatic heterocycles. The summed E-state index contributed by atoms with van der Waals surface area (Å²) in [5.74, 6) is 0.610. The minimum atomic E-state index is -1.00. The number of aliphatic hydroxyl groups excluding tert-OH is 3. The number of hydrogen-bond donors (Lipinski definition) is 5. The van der Waals surface area contributed by atoms with E-state index in [2.05, 4.69) is 20.6 Å². The van der Waals surface area contributed by atoms with Gasteiger partial charge in [-0.3, -0.25) is 0 Å². The van der Waals surface area contributed by atoms with E-state index in [1.807, 2.05) is 24.3 Å². The van der Waals surface area contributed by atoms with E-state index in [4.69, 9.17) is 9.72 Å². The van der Waals surface area contributed by atoms with Crippen molar-refractivity contribution in [3.05, 3.63) is 30.5 Å². The molecule has 0 unspecified atom stereocenters. The Balaban J connectivity index is 1.49. The van der Waals surface area contributed by atoms with Gasteiger partial charge < -0.3 is 30.7 Å². The molecule has 0 spiro atoms. The highest BCUT2D eigenvalue weighted by Gasteiger charge is 2.41. The molecule has 0 amide bonds. The predicted molar refractivity (Wildman–Crippen MR) is 113 cm³/mol. The lowest BCUT2D eigenvalue weighted by Crippen LogP contribution is -2.41. The van der Waals surface area contributed by atoms with E-state index in [1.165, 1.54) is 0 Å². The van der Waals surface area contributed by atoms with Crippen LogP contribution in [0.4, 0.5) is 11.8 Å². The average Bonchev–Trinajstić information content (AvgIpc) is 3.27. The Labute approximate surface area is 176 Å². The van der Waals surface area contributed by atoms with Crippen LogP contribution in [-0.2, 0) is 4.74 Å². The molecule has 1 aliphatic carbocycles. The van der Waals surface area contributed by atoms with Gasteiger partial charge in [0.15, 0.2) is 0 Å². The first-order valence-electron chi connectivity index (χ1n) is 9.93. The van der Waals surface area contributed by atoms with Crippen LogP contribution in [0.5, 0.6) is 0 Å². The second kappa shape index (κ2) is 8.05. The number of benzene rings is 1. The number of aromatic nitrogens is 3. The first-order valence-corrected chi connectivity index (χ1v) is 10.7. The van der Waals surface area contributed by atoms with Crippen LogP contribution in [0, 0.1) is 5.92 Å². The van der Waals surface area contributed by atoms with Crippen LogP contribution in [0.2, 0.25) is 0 Å². The van der Waals surface area contributed by atoms with Crippen molar-refractivity contribution in [1.82, 2.24) is 15.0 Å². The monoisotopic (exact) mass is 429 g/mol. The Morgan fingerprint density at radius 2 is 1.93 bits per heavy atom. The van der Waals surface area contributed by atoms with Gasteiger partial charge in [-0.25, -0.2) is 9.97 Å². The van der Waals surface area contributed by atoms with Crippen molar-refractivity contribution in [1.29, 1.82) is 0 Å². The fourth-order valence-corrected chi connectivity index (χ4v) is 4.81. The Morgan fingerprint density at radius 3 is 2.63 bits per heavy atom. The molecule has 9 nitrogen and oxygen atoms in total. The zero-order chi connectivity index (χ0) is 20.7. The molecule has 10 heteroatoms. The first-order chi connectivity index (χ1) is 14.6. The van der Waals surface area contributed by atoms with E-state index < -0.39 is 18.2 Å². The van der Waals surface area contributed by atoms with Gasteiger partial charge in [0.25, 0.3) is 0 Å². The molecule has 4 atom stereocenters. The number of nitrogens with one attached hydrogen (secondary N) is 2. The number of nitrogens with zero attached hydrogens (tertiary/aromatic N) is 3. The summed E-state index contributed by atoms with van der Waals surface area (Å²) in [6.45, 7) is 1.04. The molecular weight excluding hydrogens is 406 g/mol. The molecule has 158 valence electrons. The number of para-hydroxylation sites is 1. The van der Waals surface area contributed by atoms with Gasteiger partial charge in [0.2, 0.25) is 5.95 Å². The second-order valence-electron chi connectivity index (χ2n) is 7.73. The van der Waals surface area contributed by atoms with Gasteiger partial charge in [-0.15, -0.1) is 11.3 Å². The van der Waals surface area contributed by atoms with E-state index in [0.29, 0.717) is 31.4 Å². The lowest BCUT2D eigenvalue weighted by atomic mass is 10.1. The molecule has 5 N–H and O–H groups in total. The number of aliphatic hydroxyl groups is 3. The number of rotatable bonds is 6. The summed E-state index contributed by atoms with van der Waals surface area (Å²) >= 11 is 1.54. The number of ether oxygens (including phenoxy) is 1. The molecular formula is C20H23N5O4S. The van der Waals surface area contributed by atoms with Crippen LogP contribution < -0.4 is 10.6 Å². The third kappa shape index (κ3) is 3.61. The third-order valence-electron chi connectivity index (χ3n) is 5.64. The standard InChI is InChI=1S/C20H23N5O4S/c26-7-10-5-14(17(28)16(10)27)23-18-12(6-21-20(25-18)22-11-8-29-9-11)19-24-13-3-1-2-4-15(13)30-19/h1-4,6,10-11,14,16-17,26-28H,5,7-9H2,(H2,21,22,23,25)/t10-,14-,16-,17+/m1/s1. The van der Waals surface area contributed by atoms with Crippen molar-refractivity contribution in [3.63, 3.8) is 0 Å². The quantitative estimate of drug-likeness (QED) is 0.390. The maximum atomic E-state index is 10.4. The highest BCUT2D eigenvalue weighted by molar-refractivity contribution is 7.21. The zero-order valence-corrected chi connectivity index (χ0v) is 16.9. The highest BCUT2D eigenvalue weighted by Crippen LogP contribution is 2.36. The third-order valence-corrected chi connectivity index (χ3v) is 6.71. The van der Waals surface area contributed by atoms with Crippen LogP contribution in [-0.4, -0.2) is 74.4 Å². The van der Waals surface area contributed by atoms with Crippen LogP contribution in [0.3, 0.4) is 0 Å². The summed E-state index contributed by atoms with van der Waals surface area (Å²) in [5.41, 5.74) is 1.62. The summed E-state index contributed by atoms with van der Waals surface area (Å²) < 4.78 is 6.25. The van der Waals surface area contributed by atoms with Crippen molar-refractivity contribution in [2.75, 3.05) is 30.5 Å². The van der Waals surface area contributed by atoms with Crippen molar-refractivity contribution < 1.29 is 20.1 Å². The topological polar surface area (TPSA) is 133 Å². The van der Waals surface area contributed by atoms with Crippen molar-refractivity contribution >= 4 is 33.3 Å². The fourth-order valence-electron chi connectivity index (χ4n) is 3.83. The largest absolute Gasteiger partial charge is 0.396 e. The molecule has 2 aliphatic rings. The van der Waals surface area contributed by atoms with E-state index in [0.717, 1.165) is 20.8 Å². The predicted octanol–water partition coefficient (Wildman–Crippen LogP) is 1.08. The molecule has 30 heavy (non-hydrogen) atoms. The van der Waals surface area contributed by atoms with Gasteiger partial charge in [0.05, 0.1) is 47.2 Å². The zero-order valence-electron chi connectivity index (χ0n) is 16.1. The van der Waals surface area contributed by atoms with Crippen LogP contribution in [0.25, 0.3) is 20.8 Å². The Morgan fingerprint density at radius 1 is 1.10 bits per heavy atom. The molecule has 3 heterocycles. The van der Waals surface area contributed by atoms with Crippen LogP contribution >= 0.6 is 11.3 Å². The van der Waals surface area contributed by atoms with Gasteiger partial charge in [-0.05, 0) is 18.6 Å². The minimum absolute atomic E-state index is 0.170. The number of hydrogen-bond acceptors (Lipinski definition) is 10. The molecule has 1 aromatic carbocycles. The lowest BCUT2D eigenvalue weighted by molar-refractivity contribution is 0.00446. The maximum absolute atomic E-state index is 10.4. The SMILES string of the molecule is OC[C@H]1C[C@@H](Nc2nc(NC3COC3)ncc2-c2nc3ccccc3s2)[C@H](O)[C@@H]1O.